The van der Waals surface area contributed by atoms with Crippen LogP contribution in [0.5, 0.6) is 0 Å². The molecule has 0 fully saturated rings. The van der Waals surface area contributed by atoms with E-state index in [9.17, 15) is 14.4 Å². The van der Waals surface area contributed by atoms with Crippen LogP contribution >= 0.6 is 0 Å². The predicted octanol–water partition coefficient (Wildman–Crippen LogP) is 3.97. The van der Waals surface area contributed by atoms with Gasteiger partial charge in [0.25, 0.3) is 0 Å². The van der Waals surface area contributed by atoms with Crippen molar-refractivity contribution in [3.63, 3.8) is 0 Å². The molecular formula is C27H39N3O4. The minimum Gasteiger partial charge on any atom is -0.466 e. The number of ether oxygens (including phenoxy) is 1. The van der Waals surface area contributed by atoms with Crippen molar-refractivity contribution in [2.75, 3.05) is 13.2 Å². The number of esters is 1. The zero-order valence-electron chi connectivity index (χ0n) is 20.8. The van der Waals surface area contributed by atoms with Crippen molar-refractivity contribution in [1.82, 2.24) is 15.2 Å². The van der Waals surface area contributed by atoms with E-state index >= 15 is 0 Å². The van der Waals surface area contributed by atoms with Crippen LogP contribution in [-0.2, 0) is 32.1 Å². The van der Waals surface area contributed by atoms with E-state index in [1.54, 1.807) is 6.92 Å². The Labute approximate surface area is 202 Å². The second kappa shape index (κ2) is 12.6. The standard InChI is InChI=1S/C27H39N3O4/c1-4-34-25(31)17-20(15-19(2)3)26(32)29-23-16-21-18-30(24-12-8-7-11-22(21)24)14-10-6-5-9-13-28-27(23)33/h7-8,11-12,18-20,23H,4-6,9-10,13-17H2,1-3H3,(H,28,33)(H,29,32)/t20-,23+/m1/s1. The van der Waals surface area contributed by atoms with E-state index in [-0.39, 0.29) is 36.7 Å². The molecule has 2 bridgehead atoms. The summed E-state index contributed by atoms with van der Waals surface area (Å²) in [5, 5.41) is 7.11. The van der Waals surface area contributed by atoms with E-state index < -0.39 is 12.0 Å². The Bertz CT molecular complexity index is 981. The largest absolute Gasteiger partial charge is 0.466 e. The molecule has 0 saturated heterocycles. The Balaban J connectivity index is 1.86. The highest BCUT2D eigenvalue weighted by atomic mass is 16.5. The smallest absolute Gasteiger partial charge is 0.306 e. The Hall–Kier alpha value is -2.83. The summed E-state index contributed by atoms with van der Waals surface area (Å²) in [4.78, 5) is 38.6. The number of nitrogens with one attached hydrogen (secondary N) is 2. The van der Waals surface area contributed by atoms with Gasteiger partial charge in [0.15, 0.2) is 0 Å². The first-order valence-electron chi connectivity index (χ1n) is 12.7. The molecule has 7 nitrogen and oxygen atoms in total. The van der Waals surface area contributed by atoms with Crippen LogP contribution < -0.4 is 10.6 Å². The molecule has 3 rings (SSSR count). The third kappa shape index (κ3) is 7.08. The van der Waals surface area contributed by atoms with E-state index in [1.807, 2.05) is 26.0 Å². The fourth-order valence-corrected chi connectivity index (χ4v) is 4.76. The third-order valence-corrected chi connectivity index (χ3v) is 6.40. The lowest BCUT2D eigenvalue weighted by atomic mass is 9.92. The molecule has 1 aromatic heterocycles. The van der Waals surface area contributed by atoms with Gasteiger partial charge in [0.2, 0.25) is 11.8 Å². The van der Waals surface area contributed by atoms with E-state index in [4.69, 9.17) is 4.74 Å². The van der Waals surface area contributed by atoms with Crippen LogP contribution in [0.1, 0.15) is 64.9 Å². The number of aromatic nitrogens is 1. The molecule has 2 heterocycles. The van der Waals surface area contributed by atoms with Crippen molar-refractivity contribution in [1.29, 1.82) is 0 Å². The van der Waals surface area contributed by atoms with E-state index in [1.165, 1.54) is 0 Å². The maximum atomic E-state index is 13.3. The molecule has 0 saturated carbocycles. The maximum absolute atomic E-state index is 13.3. The molecule has 0 aliphatic carbocycles. The second-order valence-electron chi connectivity index (χ2n) is 9.67. The van der Waals surface area contributed by atoms with Gasteiger partial charge >= 0.3 is 5.97 Å². The molecule has 0 unspecified atom stereocenters. The molecule has 2 N–H and O–H groups in total. The van der Waals surface area contributed by atoms with Crippen LogP contribution in [0.4, 0.5) is 0 Å². The van der Waals surface area contributed by atoms with Crippen molar-refractivity contribution in [2.24, 2.45) is 11.8 Å². The van der Waals surface area contributed by atoms with Gasteiger partial charge in [-0.3, -0.25) is 14.4 Å². The Morgan fingerprint density at radius 3 is 2.71 bits per heavy atom. The van der Waals surface area contributed by atoms with Gasteiger partial charge in [0, 0.05) is 42.5 Å². The number of rotatable bonds is 7. The van der Waals surface area contributed by atoms with Crippen LogP contribution in [0.15, 0.2) is 30.5 Å². The van der Waals surface area contributed by atoms with E-state index in [0.717, 1.165) is 48.7 Å². The Morgan fingerprint density at radius 1 is 1.18 bits per heavy atom. The number of amides is 2. The molecule has 1 aromatic carbocycles. The number of carbonyl (C=O) groups is 3. The van der Waals surface area contributed by atoms with Gasteiger partial charge in [-0.25, -0.2) is 0 Å². The highest BCUT2D eigenvalue weighted by Gasteiger charge is 2.29. The number of hydrogen-bond donors (Lipinski definition) is 2. The maximum Gasteiger partial charge on any atom is 0.306 e. The molecule has 1 aliphatic rings. The molecular weight excluding hydrogens is 430 g/mol. The molecule has 0 spiro atoms. The van der Waals surface area contributed by atoms with Crippen LogP contribution in [-0.4, -0.2) is 41.5 Å². The minimum absolute atomic E-state index is 0.0193. The average Bonchev–Trinajstić information content (AvgIpc) is 3.14. The molecule has 1 aliphatic heterocycles. The Morgan fingerprint density at radius 2 is 1.94 bits per heavy atom. The summed E-state index contributed by atoms with van der Waals surface area (Å²) in [6, 6.07) is 7.52. The van der Waals surface area contributed by atoms with Crippen LogP contribution in [0.25, 0.3) is 10.9 Å². The quantitative estimate of drug-likeness (QED) is 0.601. The highest BCUT2D eigenvalue weighted by molar-refractivity contribution is 5.91. The predicted molar refractivity (Wildman–Crippen MR) is 133 cm³/mol. The van der Waals surface area contributed by atoms with Crippen molar-refractivity contribution < 1.29 is 19.1 Å². The zero-order chi connectivity index (χ0) is 24.5. The average molecular weight is 470 g/mol. The normalized spacial score (nSPS) is 18.4. The number of fused-ring (bicyclic) bond motifs is 5. The van der Waals surface area contributed by atoms with Crippen LogP contribution in [0.3, 0.4) is 0 Å². The molecule has 7 heteroatoms. The van der Waals surface area contributed by atoms with Gasteiger partial charge in [-0.2, -0.15) is 0 Å². The van der Waals surface area contributed by atoms with Gasteiger partial charge in [0.1, 0.15) is 6.04 Å². The van der Waals surface area contributed by atoms with Crippen molar-refractivity contribution in [2.45, 2.75) is 78.3 Å². The van der Waals surface area contributed by atoms with Crippen molar-refractivity contribution >= 4 is 28.7 Å². The van der Waals surface area contributed by atoms with E-state index in [2.05, 4.69) is 33.5 Å². The van der Waals surface area contributed by atoms with Crippen LogP contribution in [0, 0.1) is 11.8 Å². The first kappa shape index (κ1) is 25.8. The van der Waals surface area contributed by atoms with Gasteiger partial charge < -0.3 is 19.9 Å². The lowest BCUT2D eigenvalue weighted by Gasteiger charge is -2.23. The molecule has 2 amide bonds. The van der Waals surface area contributed by atoms with E-state index in [0.29, 0.717) is 19.4 Å². The summed E-state index contributed by atoms with van der Waals surface area (Å²) in [6.45, 7) is 7.61. The van der Waals surface area contributed by atoms with Crippen LogP contribution in [0.2, 0.25) is 0 Å². The summed E-state index contributed by atoms with van der Waals surface area (Å²) < 4.78 is 7.35. The first-order valence-corrected chi connectivity index (χ1v) is 12.7. The first-order chi connectivity index (χ1) is 16.4. The molecule has 0 radical (unpaired) electrons. The fourth-order valence-electron chi connectivity index (χ4n) is 4.76. The Kier molecular flexibility index (Phi) is 9.54. The number of para-hydroxylation sites is 1. The lowest BCUT2D eigenvalue weighted by Crippen LogP contribution is -2.50. The topological polar surface area (TPSA) is 89.4 Å². The zero-order valence-corrected chi connectivity index (χ0v) is 20.8. The number of benzene rings is 1. The number of nitrogens with zero attached hydrogens (tertiary/aromatic N) is 1. The molecule has 186 valence electrons. The van der Waals surface area contributed by atoms with Gasteiger partial charge in [-0.15, -0.1) is 0 Å². The summed E-state index contributed by atoms with van der Waals surface area (Å²) in [6.07, 6.45) is 7.28. The monoisotopic (exact) mass is 469 g/mol. The molecule has 34 heavy (non-hydrogen) atoms. The van der Waals surface area contributed by atoms with Crippen molar-refractivity contribution in [3.8, 4) is 0 Å². The number of aryl methyl sites for hydroxylation is 1. The third-order valence-electron chi connectivity index (χ3n) is 6.40. The fraction of sp³-hybridized carbons (Fsp3) is 0.593. The number of carbonyl (C=O) groups excluding carboxylic acids is 3. The van der Waals surface area contributed by atoms with Crippen molar-refractivity contribution in [3.05, 3.63) is 36.0 Å². The summed E-state index contributed by atoms with van der Waals surface area (Å²) in [5.41, 5.74) is 2.20. The summed E-state index contributed by atoms with van der Waals surface area (Å²) in [7, 11) is 0. The molecule has 2 atom stereocenters. The second-order valence-corrected chi connectivity index (χ2v) is 9.67. The molecule has 2 aromatic rings. The summed E-state index contributed by atoms with van der Waals surface area (Å²) >= 11 is 0. The number of hydrogen-bond acceptors (Lipinski definition) is 4. The van der Waals surface area contributed by atoms with Gasteiger partial charge in [-0.05, 0) is 43.7 Å². The lowest BCUT2D eigenvalue weighted by molar-refractivity contribution is -0.146. The highest BCUT2D eigenvalue weighted by Crippen LogP contribution is 2.24. The summed E-state index contributed by atoms with van der Waals surface area (Å²) in [5.74, 6) is -1.13. The van der Waals surface area contributed by atoms with Gasteiger partial charge in [0.05, 0.1) is 13.0 Å². The SMILES string of the molecule is CCOC(=O)C[C@@H](CC(C)C)C(=O)N[C@H]1Cc2cn(c3ccccc23)CCCCCCNC1=O. The van der Waals surface area contributed by atoms with Gasteiger partial charge in [-0.1, -0.05) is 44.9 Å². The minimum atomic E-state index is -0.704.